The molecule has 5 nitrogen and oxygen atoms in total. The van der Waals surface area contributed by atoms with E-state index in [0.717, 1.165) is 38.3 Å². The van der Waals surface area contributed by atoms with Crippen LogP contribution in [0.4, 0.5) is 5.69 Å². The maximum atomic E-state index is 10.7. The van der Waals surface area contributed by atoms with Gasteiger partial charge in [-0.3, -0.25) is 15.0 Å². The molecule has 0 atom stereocenters. The monoisotopic (exact) mass is 248 g/mol. The third-order valence-electron chi connectivity index (χ3n) is 3.34. The van der Waals surface area contributed by atoms with E-state index < -0.39 is 0 Å². The Kier molecular flexibility index (Phi) is 3.93. The number of likely N-dealkylation sites (N-methyl/N-ethyl adjacent to an activating group) is 1. The summed E-state index contributed by atoms with van der Waals surface area (Å²) in [5, 5.41) is 10.7. The van der Waals surface area contributed by atoms with E-state index in [2.05, 4.69) is 23.8 Å². The molecule has 0 unspecified atom stereocenters. The van der Waals surface area contributed by atoms with Crippen LogP contribution in [0, 0.1) is 17.0 Å². The van der Waals surface area contributed by atoms with Crippen molar-refractivity contribution in [3.05, 3.63) is 46.4 Å². The van der Waals surface area contributed by atoms with E-state index in [4.69, 9.17) is 0 Å². The third kappa shape index (κ3) is 3.05. The molecule has 0 aromatic heterocycles. The first kappa shape index (κ1) is 13.0. The van der Waals surface area contributed by atoms with Gasteiger partial charge in [-0.1, -0.05) is 6.07 Å². The topological polar surface area (TPSA) is 49.6 Å². The van der Waals surface area contributed by atoms with Crippen LogP contribution in [0.5, 0.6) is 0 Å². The molecule has 1 radical (unpaired) electrons. The fourth-order valence-electron chi connectivity index (χ4n) is 2.18. The average Bonchev–Trinajstić information content (AvgIpc) is 2.32. The van der Waals surface area contributed by atoms with E-state index in [1.54, 1.807) is 6.07 Å². The number of nitrogens with zero attached hydrogens (tertiary/aromatic N) is 3. The molecule has 0 spiro atoms. The number of nitro benzene ring substituents is 1. The van der Waals surface area contributed by atoms with Crippen molar-refractivity contribution in [3.8, 4) is 0 Å². The number of benzene rings is 1. The van der Waals surface area contributed by atoms with Crippen molar-refractivity contribution in [1.82, 2.24) is 9.80 Å². The molecule has 0 amide bonds. The lowest BCUT2D eigenvalue weighted by molar-refractivity contribution is -0.385. The molecule has 1 aliphatic heterocycles. The third-order valence-corrected chi connectivity index (χ3v) is 3.34. The van der Waals surface area contributed by atoms with Gasteiger partial charge in [0.05, 0.1) is 4.92 Å². The second-order valence-corrected chi connectivity index (χ2v) is 4.80. The van der Waals surface area contributed by atoms with Gasteiger partial charge >= 0.3 is 0 Å². The van der Waals surface area contributed by atoms with Gasteiger partial charge in [-0.2, -0.15) is 0 Å². The Balaban J connectivity index is 2.02. The van der Waals surface area contributed by atoms with Crippen LogP contribution >= 0.6 is 0 Å². The molecule has 97 valence electrons. The summed E-state index contributed by atoms with van der Waals surface area (Å²) >= 11 is 0. The van der Waals surface area contributed by atoms with Crippen molar-refractivity contribution in [3.63, 3.8) is 0 Å². The molecule has 2 rings (SSSR count). The van der Waals surface area contributed by atoms with Crippen LogP contribution in [0.15, 0.2) is 18.2 Å². The number of piperazine rings is 1. The van der Waals surface area contributed by atoms with Gasteiger partial charge in [-0.25, -0.2) is 0 Å². The molecule has 18 heavy (non-hydrogen) atoms. The lowest BCUT2D eigenvalue weighted by Crippen LogP contribution is -2.43. The van der Waals surface area contributed by atoms with Gasteiger partial charge < -0.3 is 4.90 Å². The second-order valence-electron chi connectivity index (χ2n) is 4.80. The lowest BCUT2D eigenvalue weighted by Gasteiger charge is -2.32. The Labute approximate surface area is 107 Å². The number of nitro groups is 1. The predicted octanol–water partition coefficient (Wildman–Crippen LogP) is 1.52. The highest BCUT2D eigenvalue weighted by Crippen LogP contribution is 2.19. The highest BCUT2D eigenvalue weighted by atomic mass is 16.6. The van der Waals surface area contributed by atoms with Crippen molar-refractivity contribution in [2.45, 2.75) is 6.54 Å². The van der Waals surface area contributed by atoms with Gasteiger partial charge in [0.15, 0.2) is 0 Å². The first-order valence-electron chi connectivity index (χ1n) is 6.06. The molecule has 1 aromatic rings. The van der Waals surface area contributed by atoms with E-state index in [1.807, 2.05) is 12.1 Å². The smallest absolute Gasteiger partial charge is 0.272 e. The SMILES string of the molecule is [CH2]c1cc(CN2CCN(C)CC2)ccc1[N+](=O)[O-]. The largest absolute Gasteiger partial charge is 0.304 e. The molecule has 0 aliphatic carbocycles. The molecule has 0 bridgehead atoms. The maximum Gasteiger partial charge on any atom is 0.272 e. The molecule has 1 fully saturated rings. The highest BCUT2D eigenvalue weighted by molar-refractivity contribution is 5.44. The van der Waals surface area contributed by atoms with Crippen LogP contribution < -0.4 is 0 Å². The Bertz CT molecular complexity index is 440. The van der Waals surface area contributed by atoms with Crippen LogP contribution in [0.25, 0.3) is 0 Å². The molecule has 5 heteroatoms. The van der Waals surface area contributed by atoms with Gasteiger partial charge in [0, 0.05) is 44.4 Å². The van der Waals surface area contributed by atoms with Gasteiger partial charge in [0.25, 0.3) is 5.69 Å². The molecule has 0 N–H and O–H groups in total. The minimum absolute atomic E-state index is 0.0946. The molecular weight excluding hydrogens is 230 g/mol. The first-order valence-corrected chi connectivity index (χ1v) is 6.06. The quantitative estimate of drug-likeness (QED) is 0.601. The Hall–Kier alpha value is -1.46. The molecule has 1 aromatic carbocycles. The van der Waals surface area contributed by atoms with E-state index in [0.29, 0.717) is 5.56 Å². The standard InChI is InChI=1S/C13H18N3O2/c1-11-9-12(3-4-13(11)16(17)18)10-15-7-5-14(2)6-8-15/h3-4,9H,1,5-8,10H2,2H3. The van der Waals surface area contributed by atoms with Crippen LogP contribution in [0.1, 0.15) is 11.1 Å². The Morgan fingerprint density at radius 1 is 1.33 bits per heavy atom. The Morgan fingerprint density at radius 2 is 2.00 bits per heavy atom. The number of rotatable bonds is 3. The van der Waals surface area contributed by atoms with E-state index >= 15 is 0 Å². The van der Waals surface area contributed by atoms with E-state index in [-0.39, 0.29) is 10.6 Å². The first-order chi connectivity index (χ1) is 8.56. The van der Waals surface area contributed by atoms with Crippen molar-refractivity contribution in [1.29, 1.82) is 0 Å². The number of hydrogen-bond donors (Lipinski definition) is 0. The molecule has 0 saturated carbocycles. The van der Waals surface area contributed by atoms with Gasteiger partial charge in [-0.05, 0) is 25.6 Å². The van der Waals surface area contributed by atoms with Crippen LogP contribution in [0.2, 0.25) is 0 Å². The fraction of sp³-hybridized carbons (Fsp3) is 0.462. The minimum Gasteiger partial charge on any atom is -0.304 e. The van der Waals surface area contributed by atoms with Crippen LogP contribution in [0.3, 0.4) is 0 Å². The minimum atomic E-state index is -0.387. The van der Waals surface area contributed by atoms with E-state index in [1.165, 1.54) is 0 Å². The summed E-state index contributed by atoms with van der Waals surface area (Å²) in [6, 6.07) is 5.19. The summed E-state index contributed by atoms with van der Waals surface area (Å²) in [6.07, 6.45) is 0. The average molecular weight is 248 g/mol. The Morgan fingerprint density at radius 3 is 2.56 bits per heavy atom. The van der Waals surface area contributed by atoms with Gasteiger partial charge in [0.2, 0.25) is 0 Å². The number of hydrogen-bond acceptors (Lipinski definition) is 4. The lowest BCUT2D eigenvalue weighted by atomic mass is 10.1. The highest BCUT2D eigenvalue weighted by Gasteiger charge is 2.15. The maximum absolute atomic E-state index is 10.7. The van der Waals surface area contributed by atoms with Gasteiger partial charge in [0.1, 0.15) is 0 Å². The van der Waals surface area contributed by atoms with Crippen molar-refractivity contribution in [2.75, 3.05) is 33.2 Å². The molecule has 1 saturated heterocycles. The van der Waals surface area contributed by atoms with Crippen molar-refractivity contribution < 1.29 is 4.92 Å². The summed E-state index contributed by atoms with van der Waals surface area (Å²) < 4.78 is 0. The zero-order chi connectivity index (χ0) is 13.1. The zero-order valence-electron chi connectivity index (χ0n) is 10.6. The van der Waals surface area contributed by atoms with Crippen LogP contribution in [-0.2, 0) is 6.54 Å². The second kappa shape index (κ2) is 5.46. The fourth-order valence-corrected chi connectivity index (χ4v) is 2.18. The van der Waals surface area contributed by atoms with Crippen molar-refractivity contribution >= 4 is 5.69 Å². The zero-order valence-corrected chi connectivity index (χ0v) is 10.6. The van der Waals surface area contributed by atoms with Crippen molar-refractivity contribution in [2.24, 2.45) is 0 Å². The van der Waals surface area contributed by atoms with Crippen LogP contribution in [-0.4, -0.2) is 47.9 Å². The molecule has 1 heterocycles. The summed E-state index contributed by atoms with van der Waals surface area (Å²) in [5.74, 6) is 0. The summed E-state index contributed by atoms with van der Waals surface area (Å²) in [7, 11) is 2.12. The van der Waals surface area contributed by atoms with E-state index in [9.17, 15) is 10.1 Å². The predicted molar refractivity (Wildman–Crippen MR) is 70.3 cm³/mol. The summed E-state index contributed by atoms with van der Waals surface area (Å²) in [6.45, 7) is 8.81. The normalized spacial score (nSPS) is 17.9. The molecule has 1 aliphatic rings. The summed E-state index contributed by atoms with van der Waals surface area (Å²) in [5.41, 5.74) is 1.68. The van der Waals surface area contributed by atoms with Gasteiger partial charge in [-0.15, -0.1) is 0 Å². The summed E-state index contributed by atoms with van der Waals surface area (Å²) in [4.78, 5) is 15.0. The molecular formula is C13H18N3O2.